The maximum atomic E-state index is 14.1. The Hall–Kier alpha value is -1.13. The number of likely N-dealkylation sites (N-methyl/N-ethyl adjacent to an activating group) is 1. The molecule has 1 unspecified atom stereocenters. The van der Waals surface area contributed by atoms with Gasteiger partial charge in [0.15, 0.2) is 0 Å². The second-order valence-electron chi connectivity index (χ2n) is 5.72. The number of nitrogens with one attached hydrogen (secondary N) is 1. The molecular formula is C16H26FN3. The van der Waals surface area contributed by atoms with Crippen molar-refractivity contribution in [3.05, 3.63) is 29.6 Å². The molecule has 4 heteroatoms. The van der Waals surface area contributed by atoms with E-state index >= 15 is 0 Å². The molecule has 0 aromatic heterocycles. The lowest BCUT2D eigenvalue weighted by atomic mass is 10.0. The van der Waals surface area contributed by atoms with E-state index in [2.05, 4.69) is 29.2 Å². The van der Waals surface area contributed by atoms with E-state index in [1.807, 2.05) is 19.1 Å². The van der Waals surface area contributed by atoms with Crippen LogP contribution >= 0.6 is 0 Å². The Morgan fingerprint density at radius 1 is 1.40 bits per heavy atom. The highest BCUT2D eigenvalue weighted by Crippen LogP contribution is 2.27. The predicted molar refractivity (Wildman–Crippen MR) is 82.7 cm³/mol. The molecule has 0 saturated carbocycles. The minimum absolute atomic E-state index is 0.101. The Labute approximate surface area is 121 Å². The maximum Gasteiger partial charge on any atom is 0.129 e. The van der Waals surface area contributed by atoms with E-state index in [4.69, 9.17) is 0 Å². The van der Waals surface area contributed by atoms with E-state index in [0.717, 1.165) is 30.9 Å². The summed E-state index contributed by atoms with van der Waals surface area (Å²) in [7, 11) is 4.25. The normalized spacial score (nSPS) is 19.6. The molecule has 2 rings (SSSR count). The van der Waals surface area contributed by atoms with Crippen molar-refractivity contribution in [1.82, 2.24) is 10.2 Å². The molecule has 1 saturated heterocycles. The zero-order valence-electron chi connectivity index (χ0n) is 12.8. The van der Waals surface area contributed by atoms with Crippen LogP contribution in [0.5, 0.6) is 0 Å². The molecule has 1 atom stereocenters. The Bertz CT molecular complexity index is 434. The number of halogens is 1. The molecular weight excluding hydrogens is 253 g/mol. The van der Waals surface area contributed by atoms with Crippen molar-refractivity contribution in [2.45, 2.75) is 32.4 Å². The molecule has 1 aromatic rings. The first-order valence-corrected chi connectivity index (χ1v) is 7.53. The number of anilines is 1. The molecule has 1 aliphatic heterocycles. The van der Waals surface area contributed by atoms with Crippen LogP contribution in [-0.4, -0.2) is 44.7 Å². The van der Waals surface area contributed by atoms with Crippen LogP contribution in [-0.2, 0) is 6.54 Å². The summed E-state index contributed by atoms with van der Waals surface area (Å²) in [5.74, 6) is -0.101. The lowest BCUT2D eigenvalue weighted by Crippen LogP contribution is -2.45. The van der Waals surface area contributed by atoms with Crippen molar-refractivity contribution < 1.29 is 4.39 Å². The van der Waals surface area contributed by atoms with Gasteiger partial charge in [-0.2, -0.15) is 0 Å². The third-order valence-corrected chi connectivity index (χ3v) is 4.11. The molecule has 1 fully saturated rings. The van der Waals surface area contributed by atoms with Gasteiger partial charge in [-0.25, -0.2) is 4.39 Å². The molecule has 20 heavy (non-hydrogen) atoms. The number of piperidine rings is 1. The van der Waals surface area contributed by atoms with Crippen molar-refractivity contribution in [3.8, 4) is 0 Å². The molecule has 1 aliphatic rings. The Balaban J connectivity index is 2.20. The molecule has 0 aliphatic carbocycles. The van der Waals surface area contributed by atoms with Crippen molar-refractivity contribution in [1.29, 1.82) is 0 Å². The van der Waals surface area contributed by atoms with Gasteiger partial charge in [-0.1, -0.05) is 13.0 Å². The van der Waals surface area contributed by atoms with Crippen LogP contribution in [0.3, 0.4) is 0 Å². The van der Waals surface area contributed by atoms with Crippen LogP contribution < -0.4 is 10.2 Å². The van der Waals surface area contributed by atoms with Gasteiger partial charge in [-0.3, -0.25) is 0 Å². The minimum atomic E-state index is -0.101. The maximum absolute atomic E-state index is 14.1. The Kier molecular flexibility index (Phi) is 5.38. The predicted octanol–water partition coefficient (Wildman–Crippen LogP) is 2.47. The summed E-state index contributed by atoms with van der Waals surface area (Å²) >= 11 is 0. The first kappa shape index (κ1) is 15.3. The fraction of sp³-hybridized carbons (Fsp3) is 0.625. The van der Waals surface area contributed by atoms with Gasteiger partial charge in [0.2, 0.25) is 0 Å². The topological polar surface area (TPSA) is 18.5 Å². The summed E-state index contributed by atoms with van der Waals surface area (Å²) in [6.45, 7) is 5.50. The number of hydrogen-bond donors (Lipinski definition) is 1. The monoisotopic (exact) mass is 279 g/mol. The first-order valence-electron chi connectivity index (χ1n) is 7.53. The van der Waals surface area contributed by atoms with Crippen LogP contribution in [0.1, 0.15) is 25.3 Å². The van der Waals surface area contributed by atoms with Crippen LogP contribution in [0.4, 0.5) is 10.1 Å². The summed E-state index contributed by atoms with van der Waals surface area (Å²) in [6, 6.07) is 5.98. The second-order valence-corrected chi connectivity index (χ2v) is 5.72. The van der Waals surface area contributed by atoms with Gasteiger partial charge < -0.3 is 15.1 Å². The van der Waals surface area contributed by atoms with Gasteiger partial charge in [-0.05, 0) is 45.6 Å². The number of rotatable bonds is 5. The molecule has 0 spiro atoms. The molecule has 0 radical (unpaired) electrons. The lowest BCUT2D eigenvalue weighted by Gasteiger charge is -2.38. The van der Waals surface area contributed by atoms with Gasteiger partial charge in [-0.15, -0.1) is 0 Å². The number of benzene rings is 1. The van der Waals surface area contributed by atoms with E-state index in [1.165, 1.54) is 12.8 Å². The zero-order chi connectivity index (χ0) is 14.5. The van der Waals surface area contributed by atoms with E-state index in [-0.39, 0.29) is 5.82 Å². The molecule has 1 aromatic carbocycles. The second kappa shape index (κ2) is 7.04. The first-order chi connectivity index (χ1) is 9.63. The summed E-state index contributed by atoms with van der Waals surface area (Å²) in [5.41, 5.74) is 1.85. The standard InChI is InChI=1S/C16H26FN3/c1-4-18-11-14-15(17)8-5-9-16(14)20-10-6-7-13(12-20)19(2)3/h5,8-9,13,18H,4,6-7,10-12H2,1-3H3. The fourth-order valence-electron chi connectivity index (χ4n) is 2.86. The number of hydrogen-bond acceptors (Lipinski definition) is 3. The smallest absolute Gasteiger partial charge is 0.129 e. The third kappa shape index (κ3) is 3.49. The summed E-state index contributed by atoms with van der Waals surface area (Å²) < 4.78 is 14.1. The minimum Gasteiger partial charge on any atom is -0.370 e. The Morgan fingerprint density at radius 2 is 2.20 bits per heavy atom. The molecule has 0 amide bonds. The quantitative estimate of drug-likeness (QED) is 0.893. The summed E-state index contributed by atoms with van der Waals surface area (Å²) in [4.78, 5) is 4.61. The van der Waals surface area contributed by atoms with E-state index < -0.39 is 0 Å². The van der Waals surface area contributed by atoms with Gasteiger partial charge in [0.25, 0.3) is 0 Å². The van der Waals surface area contributed by atoms with Crippen LogP contribution in [0.2, 0.25) is 0 Å². The largest absolute Gasteiger partial charge is 0.370 e. The summed E-state index contributed by atoms with van der Waals surface area (Å²) in [5, 5.41) is 3.24. The zero-order valence-corrected chi connectivity index (χ0v) is 12.8. The average molecular weight is 279 g/mol. The molecule has 0 bridgehead atoms. The van der Waals surface area contributed by atoms with Crippen molar-refractivity contribution in [2.24, 2.45) is 0 Å². The van der Waals surface area contributed by atoms with Gasteiger partial charge >= 0.3 is 0 Å². The highest BCUT2D eigenvalue weighted by atomic mass is 19.1. The highest BCUT2D eigenvalue weighted by Gasteiger charge is 2.23. The van der Waals surface area contributed by atoms with E-state index in [9.17, 15) is 4.39 Å². The molecule has 112 valence electrons. The SMILES string of the molecule is CCNCc1c(F)cccc1N1CCCC(N(C)C)C1. The fourth-order valence-corrected chi connectivity index (χ4v) is 2.86. The van der Waals surface area contributed by atoms with Crippen molar-refractivity contribution >= 4 is 5.69 Å². The molecule has 3 nitrogen and oxygen atoms in total. The third-order valence-electron chi connectivity index (χ3n) is 4.11. The van der Waals surface area contributed by atoms with E-state index in [1.54, 1.807) is 6.07 Å². The van der Waals surface area contributed by atoms with Gasteiger partial charge in [0.1, 0.15) is 5.82 Å². The highest BCUT2D eigenvalue weighted by molar-refractivity contribution is 5.54. The molecule has 1 N–H and O–H groups in total. The van der Waals surface area contributed by atoms with E-state index in [0.29, 0.717) is 12.6 Å². The van der Waals surface area contributed by atoms with Gasteiger partial charge in [0.05, 0.1) is 0 Å². The lowest BCUT2D eigenvalue weighted by molar-refractivity contribution is 0.258. The van der Waals surface area contributed by atoms with Crippen molar-refractivity contribution in [2.75, 3.05) is 38.6 Å². The van der Waals surface area contributed by atoms with Crippen LogP contribution in [0.15, 0.2) is 18.2 Å². The Morgan fingerprint density at radius 3 is 2.90 bits per heavy atom. The molecule has 1 heterocycles. The van der Waals surface area contributed by atoms with Crippen molar-refractivity contribution in [3.63, 3.8) is 0 Å². The average Bonchev–Trinajstić information content (AvgIpc) is 2.46. The number of nitrogens with zero attached hydrogens (tertiary/aromatic N) is 2. The van der Waals surface area contributed by atoms with Crippen LogP contribution in [0, 0.1) is 5.82 Å². The summed E-state index contributed by atoms with van der Waals surface area (Å²) in [6.07, 6.45) is 2.39. The van der Waals surface area contributed by atoms with Crippen LogP contribution in [0.25, 0.3) is 0 Å². The van der Waals surface area contributed by atoms with Gasteiger partial charge in [0, 0.05) is 36.9 Å².